The third-order valence-corrected chi connectivity index (χ3v) is 3.78. The highest BCUT2D eigenvalue weighted by atomic mass is 16.5. The van der Waals surface area contributed by atoms with Crippen LogP contribution in [0.25, 0.3) is 0 Å². The number of rotatable bonds is 4. The maximum absolute atomic E-state index is 12.3. The van der Waals surface area contributed by atoms with Crippen molar-refractivity contribution in [1.29, 1.82) is 0 Å². The number of anilines is 1. The summed E-state index contributed by atoms with van der Waals surface area (Å²) in [5.74, 6) is -0.108. The predicted molar refractivity (Wildman–Crippen MR) is 73.9 cm³/mol. The van der Waals surface area contributed by atoms with E-state index in [1.165, 1.54) is 4.90 Å². The van der Waals surface area contributed by atoms with Crippen LogP contribution < -0.4 is 9.64 Å². The Balaban J connectivity index is 1.96. The van der Waals surface area contributed by atoms with E-state index in [4.69, 9.17) is 9.47 Å². The number of hydrogen-bond acceptors (Lipinski definition) is 5. The van der Waals surface area contributed by atoms with E-state index < -0.39 is 12.2 Å². The molecule has 0 saturated carbocycles. The molecule has 2 bridgehead atoms. The molecule has 0 aromatic heterocycles. The summed E-state index contributed by atoms with van der Waals surface area (Å²) in [5, 5.41) is 9.42. The highest BCUT2D eigenvalue weighted by Crippen LogP contribution is 2.33. The molecule has 0 radical (unpaired) electrons. The third kappa shape index (κ3) is 2.30. The fraction of sp³-hybridized carbons (Fsp3) is 0.467. The number of aliphatic hydroxyl groups excluding tert-OH is 1. The third-order valence-electron chi connectivity index (χ3n) is 3.78. The van der Waals surface area contributed by atoms with E-state index in [9.17, 15) is 14.7 Å². The van der Waals surface area contributed by atoms with Crippen LogP contribution in [0.15, 0.2) is 18.2 Å². The SMILES string of the molecule is CCOc1ccc(N2C(=O)C3CCC(O3)C2=O)cc1CO. The zero-order chi connectivity index (χ0) is 15.0. The Hall–Kier alpha value is -1.92. The largest absolute Gasteiger partial charge is 0.494 e. The van der Waals surface area contributed by atoms with Crippen LogP contribution in [0.4, 0.5) is 5.69 Å². The molecule has 6 heteroatoms. The molecular formula is C15H17NO5. The number of ether oxygens (including phenoxy) is 2. The summed E-state index contributed by atoms with van der Waals surface area (Å²) in [6, 6.07) is 4.94. The topological polar surface area (TPSA) is 76.1 Å². The summed E-state index contributed by atoms with van der Waals surface area (Å²) in [5.41, 5.74) is 1.01. The highest BCUT2D eigenvalue weighted by molar-refractivity contribution is 6.19. The van der Waals surface area contributed by atoms with Gasteiger partial charge in [-0.3, -0.25) is 9.59 Å². The van der Waals surface area contributed by atoms with Crippen LogP contribution in [0, 0.1) is 0 Å². The Bertz CT molecular complexity index is 563. The average Bonchev–Trinajstić information content (AvgIpc) is 2.94. The highest BCUT2D eigenvalue weighted by Gasteiger charge is 2.47. The quantitative estimate of drug-likeness (QED) is 0.837. The number of nitrogens with zero attached hydrogens (tertiary/aromatic N) is 1. The molecule has 2 heterocycles. The summed E-state index contributed by atoms with van der Waals surface area (Å²) in [7, 11) is 0. The summed E-state index contributed by atoms with van der Waals surface area (Å²) in [6.45, 7) is 2.11. The number of imide groups is 1. The Morgan fingerprint density at radius 3 is 2.52 bits per heavy atom. The van der Waals surface area contributed by atoms with Crippen molar-refractivity contribution in [2.24, 2.45) is 0 Å². The summed E-state index contributed by atoms with van der Waals surface area (Å²) in [4.78, 5) is 25.7. The molecule has 6 nitrogen and oxygen atoms in total. The second-order valence-electron chi connectivity index (χ2n) is 5.09. The van der Waals surface area contributed by atoms with E-state index in [0.717, 1.165) is 0 Å². The van der Waals surface area contributed by atoms with Crippen molar-refractivity contribution in [1.82, 2.24) is 0 Å². The van der Waals surface area contributed by atoms with Crippen LogP contribution in [-0.2, 0) is 20.9 Å². The molecule has 112 valence electrons. The van der Waals surface area contributed by atoms with Gasteiger partial charge in [-0.2, -0.15) is 0 Å². The Labute approximate surface area is 122 Å². The molecule has 0 spiro atoms. The van der Waals surface area contributed by atoms with Crippen LogP contribution in [0.1, 0.15) is 25.3 Å². The van der Waals surface area contributed by atoms with Crippen molar-refractivity contribution in [2.75, 3.05) is 11.5 Å². The standard InChI is InChI=1S/C15H17NO5/c1-2-20-11-4-3-10(7-9(11)8-17)16-14(18)12-5-6-13(21-12)15(16)19/h3-4,7,12-13,17H,2,5-6,8H2,1H3. The van der Waals surface area contributed by atoms with Crippen molar-refractivity contribution in [2.45, 2.75) is 38.6 Å². The van der Waals surface area contributed by atoms with Crippen LogP contribution in [0.2, 0.25) is 0 Å². The molecule has 0 aliphatic carbocycles. The number of carbonyl (C=O) groups excluding carboxylic acids is 2. The maximum Gasteiger partial charge on any atom is 0.262 e. The molecule has 2 amide bonds. The van der Waals surface area contributed by atoms with Gasteiger partial charge in [-0.05, 0) is 38.0 Å². The second-order valence-corrected chi connectivity index (χ2v) is 5.09. The fourth-order valence-electron chi connectivity index (χ4n) is 2.78. The van der Waals surface area contributed by atoms with E-state index in [2.05, 4.69) is 0 Å². The number of aliphatic hydroxyl groups is 1. The number of fused-ring (bicyclic) bond motifs is 2. The first kappa shape index (κ1) is 14.0. The van der Waals surface area contributed by atoms with Gasteiger partial charge in [-0.15, -0.1) is 0 Å². The first-order valence-electron chi connectivity index (χ1n) is 7.05. The minimum atomic E-state index is -0.531. The molecule has 2 saturated heterocycles. The Morgan fingerprint density at radius 2 is 1.95 bits per heavy atom. The van der Waals surface area contributed by atoms with E-state index in [-0.39, 0.29) is 18.4 Å². The minimum Gasteiger partial charge on any atom is -0.494 e. The summed E-state index contributed by atoms with van der Waals surface area (Å²) >= 11 is 0. The van der Waals surface area contributed by atoms with Crippen LogP contribution >= 0.6 is 0 Å². The first-order chi connectivity index (χ1) is 10.2. The lowest BCUT2D eigenvalue weighted by Crippen LogP contribution is -2.52. The molecule has 1 aromatic rings. The smallest absolute Gasteiger partial charge is 0.262 e. The van der Waals surface area contributed by atoms with Gasteiger partial charge in [0.1, 0.15) is 18.0 Å². The van der Waals surface area contributed by atoms with E-state index >= 15 is 0 Å². The lowest BCUT2D eigenvalue weighted by Gasteiger charge is -2.30. The molecule has 2 unspecified atom stereocenters. The average molecular weight is 291 g/mol. The van der Waals surface area contributed by atoms with Gasteiger partial charge in [-0.25, -0.2) is 4.90 Å². The number of hydrogen-bond donors (Lipinski definition) is 1. The molecule has 2 aliphatic heterocycles. The molecular weight excluding hydrogens is 274 g/mol. The lowest BCUT2D eigenvalue weighted by atomic mass is 10.1. The van der Waals surface area contributed by atoms with Crippen LogP contribution in [-0.4, -0.2) is 35.7 Å². The van der Waals surface area contributed by atoms with E-state index in [1.807, 2.05) is 6.92 Å². The predicted octanol–water partition coefficient (Wildman–Crippen LogP) is 0.998. The summed E-state index contributed by atoms with van der Waals surface area (Å²) < 4.78 is 10.8. The van der Waals surface area contributed by atoms with Crippen molar-refractivity contribution >= 4 is 17.5 Å². The second kappa shape index (κ2) is 5.46. The van der Waals surface area contributed by atoms with Gasteiger partial charge >= 0.3 is 0 Å². The van der Waals surface area contributed by atoms with Gasteiger partial charge in [0.05, 0.1) is 18.9 Å². The molecule has 2 fully saturated rings. The van der Waals surface area contributed by atoms with E-state index in [1.54, 1.807) is 18.2 Å². The Kier molecular flexibility index (Phi) is 3.65. The fourth-order valence-corrected chi connectivity index (χ4v) is 2.78. The number of benzene rings is 1. The maximum atomic E-state index is 12.3. The molecule has 1 N–H and O–H groups in total. The zero-order valence-corrected chi connectivity index (χ0v) is 11.7. The van der Waals surface area contributed by atoms with Gasteiger partial charge in [-0.1, -0.05) is 0 Å². The van der Waals surface area contributed by atoms with Crippen LogP contribution in [0.5, 0.6) is 5.75 Å². The molecule has 2 atom stereocenters. The number of morpholine rings is 1. The normalized spacial score (nSPS) is 24.6. The van der Waals surface area contributed by atoms with Crippen molar-refractivity contribution in [3.63, 3.8) is 0 Å². The molecule has 3 rings (SSSR count). The van der Waals surface area contributed by atoms with Gasteiger partial charge in [0.25, 0.3) is 11.8 Å². The van der Waals surface area contributed by atoms with Crippen LogP contribution in [0.3, 0.4) is 0 Å². The minimum absolute atomic E-state index is 0.219. The van der Waals surface area contributed by atoms with Gasteiger partial charge in [0.2, 0.25) is 0 Å². The first-order valence-corrected chi connectivity index (χ1v) is 7.05. The van der Waals surface area contributed by atoms with Crippen molar-refractivity contribution in [3.05, 3.63) is 23.8 Å². The van der Waals surface area contributed by atoms with E-state index in [0.29, 0.717) is 36.4 Å². The zero-order valence-electron chi connectivity index (χ0n) is 11.7. The monoisotopic (exact) mass is 291 g/mol. The molecule has 2 aliphatic rings. The van der Waals surface area contributed by atoms with Gasteiger partial charge in [0, 0.05) is 5.56 Å². The van der Waals surface area contributed by atoms with Crippen molar-refractivity contribution in [3.8, 4) is 5.75 Å². The molecule has 1 aromatic carbocycles. The van der Waals surface area contributed by atoms with Gasteiger partial charge in [0.15, 0.2) is 0 Å². The van der Waals surface area contributed by atoms with Crippen molar-refractivity contribution < 1.29 is 24.2 Å². The van der Waals surface area contributed by atoms with Gasteiger partial charge < -0.3 is 14.6 Å². The lowest BCUT2D eigenvalue weighted by molar-refractivity contribution is -0.146. The number of amides is 2. The summed E-state index contributed by atoms with van der Waals surface area (Å²) in [6.07, 6.45) is 0.0966. The molecule has 21 heavy (non-hydrogen) atoms. The Morgan fingerprint density at radius 1 is 1.29 bits per heavy atom. The number of carbonyl (C=O) groups is 2.